The van der Waals surface area contributed by atoms with Gasteiger partial charge in [-0.25, -0.2) is 0 Å². The smallest absolute Gasteiger partial charge is 0.258 e. The van der Waals surface area contributed by atoms with Crippen LogP contribution in [0.25, 0.3) is 0 Å². The van der Waals surface area contributed by atoms with Gasteiger partial charge in [-0.15, -0.1) is 0 Å². The summed E-state index contributed by atoms with van der Waals surface area (Å²) in [5, 5.41) is 0.541. The van der Waals surface area contributed by atoms with Gasteiger partial charge in [0.2, 0.25) is 0 Å². The van der Waals surface area contributed by atoms with Crippen molar-refractivity contribution >= 4 is 28.9 Å². The van der Waals surface area contributed by atoms with Crippen LogP contribution in [-0.2, 0) is 0 Å². The third-order valence-electron chi connectivity index (χ3n) is 2.78. The minimum absolute atomic E-state index is 0.163. The minimum Gasteiger partial charge on any atom is -0.396 e. The molecule has 4 nitrogen and oxygen atoms in total. The molecule has 1 amide bonds. The van der Waals surface area contributed by atoms with Crippen LogP contribution in [0.15, 0.2) is 36.7 Å². The number of hydrogen-bond donors (Lipinski definition) is 1. The molecule has 0 spiro atoms. The van der Waals surface area contributed by atoms with Crippen LogP contribution in [0.3, 0.4) is 0 Å². The maximum absolute atomic E-state index is 12.4. The summed E-state index contributed by atoms with van der Waals surface area (Å²) >= 11 is 5.97. The second kappa shape index (κ2) is 5.28. The molecule has 1 aromatic carbocycles. The second-order valence-electron chi connectivity index (χ2n) is 4.32. The molecular weight excluding hydrogens is 262 g/mol. The van der Waals surface area contributed by atoms with E-state index in [-0.39, 0.29) is 5.91 Å². The lowest BCUT2D eigenvalue weighted by Crippen LogP contribution is -2.27. The Hall–Kier alpha value is -2.07. The fourth-order valence-corrected chi connectivity index (χ4v) is 2.16. The number of benzene rings is 1. The highest BCUT2D eigenvalue weighted by Crippen LogP contribution is 2.23. The molecule has 0 radical (unpaired) electrons. The predicted molar refractivity (Wildman–Crippen MR) is 77.6 cm³/mol. The van der Waals surface area contributed by atoms with Gasteiger partial charge < -0.3 is 10.6 Å². The average molecular weight is 276 g/mol. The largest absolute Gasteiger partial charge is 0.396 e. The van der Waals surface area contributed by atoms with Gasteiger partial charge in [0, 0.05) is 23.8 Å². The van der Waals surface area contributed by atoms with Crippen LogP contribution in [0.2, 0.25) is 5.02 Å². The van der Waals surface area contributed by atoms with E-state index in [0.717, 1.165) is 5.56 Å². The number of hydrogen-bond acceptors (Lipinski definition) is 3. The number of nitrogens with zero attached hydrogens (tertiary/aromatic N) is 2. The van der Waals surface area contributed by atoms with Gasteiger partial charge in [-0.2, -0.15) is 0 Å². The third kappa shape index (κ3) is 2.85. The first-order valence-corrected chi connectivity index (χ1v) is 6.11. The Morgan fingerprint density at radius 3 is 2.74 bits per heavy atom. The SMILES string of the molecule is Cc1cc(Cl)cc(C(=O)N(C)c2ccncc2N)c1. The maximum atomic E-state index is 12.4. The molecule has 0 saturated carbocycles. The maximum Gasteiger partial charge on any atom is 0.258 e. The van der Waals surface area contributed by atoms with E-state index in [9.17, 15) is 4.79 Å². The molecular formula is C14H14ClN3O. The van der Waals surface area contributed by atoms with Crippen molar-refractivity contribution in [2.75, 3.05) is 17.7 Å². The molecule has 1 heterocycles. The molecule has 98 valence electrons. The highest BCUT2D eigenvalue weighted by molar-refractivity contribution is 6.31. The van der Waals surface area contributed by atoms with Crippen molar-refractivity contribution in [3.8, 4) is 0 Å². The quantitative estimate of drug-likeness (QED) is 0.917. The summed E-state index contributed by atoms with van der Waals surface area (Å²) in [5.74, 6) is -0.163. The minimum atomic E-state index is -0.163. The number of nitrogen functional groups attached to an aromatic ring is 1. The van der Waals surface area contributed by atoms with E-state index in [1.54, 1.807) is 37.5 Å². The van der Waals surface area contributed by atoms with E-state index < -0.39 is 0 Å². The van der Waals surface area contributed by atoms with Crippen LogP contribution < -0.4 is 10.6 Å². The first-order valence-electron chi connectivity index (χ1n) is 5.74. The summed E-state index contributed by atoms with van der Waals surface area (Å²) in [4.78, 5) is 17.8. The van der Waals surface area contributed by atoms with Gasteiger partial charge >= 0.3 is 0 Å². The molecule has 2 N–H and O–H groups in total. The number of halogens is 1. The van der Waals surface area contributed by atoms with Gasteiger partial charge in [-0.3, -0.25) is 9.78 Å². The van der Waals surface area contributed by atoms with Crippen molar-refractivity contribution in [2.45, 2.75) is 6.92 Å². The Kier molecular flexibility index (Phi) is 3.71. The van der Waals surface area contributed by atoms with Crippen molar-refractivity contribution in [1.29, 1.82) is 0 Å². The first-order chi connectivity index (χ1) is 8.99. The Balaban J connectivity index is 2.36. The Morgan fingerprint density at radius 1 is 1.37 bits per heavy atom. The monoisotopic (exact) mass is 275 g/mol. The number of aromatic nitrogens is 1. The Morgan fingerprint density at radius 2 is 2.11 bits per heavy atom. The van der Waals surface area contributed by atoms with Crippen LogP contribution in [0.1, 0.15) is 15.9 Å². The fraction of sp³-hybridized carbons (Fsp3) is 0.143. The van der Waals surface area contributed by atoms with Crippen LogP contribution in [0.4, 0.5) is 11.4 Å². The molecule has 0 aliphatic heterocycles. The summed E-state index contributed by atoms with van der Waals surface area (Å²) in [7, 11) is 1.67. The van der Waals surface area contributed by atoms with Crippen molar-refractivity contribution < 1.29 is 4.79 Å². The second-order valence-corrected chi connectivity index (χ2v) is 4.75. The fourth-order valence-electron chi connectivity index (χ4n) is 1.87. The van der Waals surface area contributed by atoms with E-state index in [4.69, 9.17) is 17.3 Å². The summed E-state index contributed by atoms with van der Waals surface area (Å²) in [6, 6.07) is 6.94. The highest BCUT2D eigenvalue weighted by atomic mass is 35.5. The Bertz CT molecular complexity index is 608. The van der Waals surface area contributed by atoms with Crippen LogP contribution in [0.5, 0.6) is 0 Å². The molecule has 0 bridgehead atoms. The van der Waals surface area contributed by atoms with Gasteiger partial charge in [0.1, 0.15) is 0 Å². The lowest BCUT2D eigenvalue weighted by Gasteiger charge is -2.19. The molecule has 0 aliphatic rings. The number of rotatable bonds is 2. The molecule has 0 atom stereocenters. The standard InChI is InChI=1S/C14H14ClN3O/c1-9-5-10(7-11(15)6-9)14(19)18(2)13-3-4-17-8-12(13)16/h3-8H,16H2,1-2H3. The molecule has 5 heteroatoms. The zero-order valence-corrected chi connectivity index (χ0v) is 11.5. The number of amides is 1. The molecule has 19 heavy (non-hydrogen) atoms. The van der Waals surface area contributed by atoms with Crippen molar-refractivity contribution in [2.24, 2.45) is 0 Å². The number of carbonyl (C=O) groups excluding carboxylic acids is 1. The summed E-state index contributed by atoms with van der Waals surface area (Å²) in [6.45, 7) is 1.89. The first kappa shape index (κ1) is 13.4. The topological polar surface area (TPSA) is 59.2 Å². The zero-order valence-electron chi connectivity index (χ0n) is 10.7. The Labute approximate surface area is 116 Å². The highest BCUT2D eigenvalue weighted by Gasteiger charge is 2.16. The van der Waals surface area contributed by atoms with E-state index in [1.807, 2.05) is 6.92 Å². The van der Waals surface area contributed by atoms with E-state index in [0.29, 0.717) is 22.0 Å². The molecule has 0 saturated heterocycles. The molecule has 1 aromatic heterocycles. The molecule has 2 rings (SSSR count). The van der Waals surface area contributed by atoms with Crippen LogP contribution in [-0.4, -0.2) is 17.9 Å². The predicted octanol–water partition coefficient (Wildman–Crippen LogP) is 2.90. The van der Waals surface area contributed by atoms with Gasteiger partial charge in [0.05, 0.1) is 17.6 Å². The molecule has 2 aromatic rings. The normalized spacial score (nSPS) is 10.3. The number of carbonyl (C=O) groups is 1. The van der Waals surface area contributed by atoms with Crippen molar-refractivity contribution in [3.05, 3.63) is 52.8 Å². The number of anilines is 2. The number of pyridine rings is 1. The average Bonchev–Trinajstić information content (AvgIpc) is 2.36. The van der Waals surface area contributed by atoms with E-state index >= 15 is 0 Å². The lowest BCUT2D eigenvalue weighted by molar-refractivity contribution is 0.0993. The van der Waals surface area contributed by atoms with Gasteiger partial charge in [0.15, 0.2) is 0 Å². The van der Waals surface area contributed by atoms with Crippen LogP contribution >= 0.6 is 11.6 Å². The number of aryl methyl sites for hydroxylation is 1. The zero-order chi connectivity index (χ0) is 14.0. The molecule has 0 fully saturated rings. The summed E-state index contributed by atoms with van der Waals surface area (Å²) in [6.07, 6.45) is 3.11. The molecule has 0 aliphatic carbocycles. The van der Waals surface area contributed by atoms with Crippen LogP contribution in [0, 0.1) is 6.92 Å². The third-order valence-corrected chi connectivity index (χ3v) is 3.00. The summed E-state index contributed by atoms with van der Waals surface area (Å²) < 4.78 is 0. The van der Waals surface area contributed by atoms with Crippen molar-refractivity contribution in [3.63, 3.8) is 0 Å². The lowest BCUT2D eigenvalue weighted by atomic mass is 10.1. The molecule has 0 unspecified atom stereocenters. The van der Waals surface area contributed by atoms with Gasteiger partial charge in [-0.05, 0) is 36.8 Å². The number of nitrogens with two attached hydrogens (primary N) is 1. The van der Waals surface area contributed by atoms with Gasteiger partial charge in [0.25, 0.3) is 5.91 Å². The van der Waals surface area contributed by atoms with Crippen molar-refractivity contribution in [1.82, 2.24) is 4.98 Å². The summed E-state index contributed by atoms with van der Waals surface area (Å²) in [5.41, 5.74) is 8.36. The van der Waals surface area contributed by atoms with Gasteiger partial charge in [-0.1, -0.05) is 11.6 Å². The van der Waals surface area contributed by atoms with E-state index in [2.05, 4.69) is 4.98 Å². The van der Waals surface area contributed by atoms with E-state index in [1.165, 1.54) is 11.1 Å².